The molecule has 0 aromatic heterocycles. The van der Waals surface area contributed by atoms with Gasteiger partial charge in [-0.25, -0.2) is 4.57 Å². The highest BCUT2D eigenvalue weighted by Crippen LogP contribution is 2.36. The average molecular weight is 721 g/mol. The van der Waals surface area contributed by atoms with Crippen molar-refractivity contribution in [1.29, 1.82) is 0 Å². The highest BCUT2D eigenvalue weighted by molar-refractivity contribution is 7.46. The number of phosphoric ester groups is 1. The van der Waals surface area contributed by atoms with Gasteiger partial charge in [0.15, 0.2) is 6.10 Å². The molecule has 0 saturated carbocycles. The van der Waals surface area contributed by atoms with Gasteiger partial charge in [0.1, 0.15) is 6.61 Å². The molecule has 0 aliphatic heterocycles. The maximum absolute atomic E-state index is 12.4. The molecule has 50 heavy (non-hydrogen) atoms. The predicted molar refractivity (Wildman–Crippen MR) is 207 cm³/mol. The lowest BCUT2D eigenvalue weighted by Crippen LogP contribution is -2.29. The first kappa shape index (κ1) is 47.5. The number of esters is 2. The summed E-state index contributed by atoms with van der Waals surface area (Å²) in [6.45, 7) is 3.47. The molecule has 286 valence electrons. The van der Waals surface area contributed by atoms with Crippen molar-refractivity contribution in [3.05, 3.63) is 72.9 Å². The Hall–Kier alpha value is -2.51. The molecule has 0 unspecified atom stereocenters. The zero-order valence-corrected chi connectivity index (χ0v) is 32.2. The van der Waals surface area contributed by atoms with Crippen molar-refractivity contribution in [3.8, 4) is 0 Å². The first-order chi connectivity index (χ1) is 24.3. The smallest absolute Gasteiger partial charge is 0.462 e. The predicted octanol–water partition coefficient (Wildman–Crippen LogP) is 11.5. The second-order valence-electron chi connectivity index (χ2n) is 12.5. The quantitative estimate of drug-likeness (QED) is 0.0292. The van der Waals surface area contributed by atoms with E-state index >= 15 is 0 Å². The number of carbonyl (C=O) groups excluding carboxylic acids is 2. The molecule has 0 aliphatic carbocycles. The standard InChI is InChI=1S/C41H69O8P/c1-3-5-7-9-11-13-15-17-19-20-22-23-25-27-29-31-33-35-40(42)47-37-39(38-48-50(44,45)46)49-41(43)36-34-32-30-28-26-24-21-18-16-14-12-10-8-6-4-2/h5,7,10-13,17,19,22-23,27,29,39H,3-4,6,8-9,14-16,18,20-21,24-26,28,30-38H2,1-2H3,(H2,44,45,46)/b7-5+,12-10+,13-11+,19-17+,23-22+,29-27+/t39-/m1/s1. The van der Waals surface area contributed by atoms with Crippen molar-refractivity contribution < 1.29 is 37.9 Å². The minimum atomic E-state index is -4.77. The van der Waals surface area contributed by atoms with E-state index in [0.717, 1.165) is 57.8 Å². The number of carbonyl (C=O) groups is 2. The van der Waals surface area contributed by atoms with Crippen molar-refractivity contribution >= 4 is 19.8 Å². The Morgan fingerprint density at radius 3 is 1.52 bits per heavy atom. The van der Waals surface area contributed by atoms with Crippen LogP contribution in [0.1, 0.15) is 155 Å². The van der Waals surface area contributed by atoms with E-state index in [9.17, 15) is 14.2 Å². The minimum Gasteiger partial charge on any atom is -0.462 e. The summed E-state index contributed by atoms with van der Waals surface area (Å²) in [6.07, 6.45) is 46.2. The van der Waals surface area contributed by atoms with E-state index in [-0.39, 0.29) is 19.4 Å². The lowest BCUT2D eigenvalue weighted by Gasteiger charge is -2.18. The molecule has 8 nitrogen and oxygen atoms in total. The van der Waals surface area contributed by atoms with E-state index in [0.29, 0.717) is 12.8 Å². The number of allylic oxidation sites excluding steroid dienone is 12. The molecule has 0 radical (unpaired) electrons. The van der Waals surface area contributed by atoms with Gasteiger partial charge in [0.05, 0.1) is 6.61 Å². The van der Waals surface area contributed by atoms with Crippen molar-refractivity contribution in [1.82, 2.24) is 0 Å². The van der Waals surface area contributed by atoms with E-state index in [4.69, 9.17) is 19.3 Å². The Morgan fingerprint density at radius 1 is 0.540 bits per heavy atom. The third-order valence-corrected chi connectivity index (χ3v) is 8.19. The maximum Gasteiger partial charge on any atom is 0.469 e. The van der Waals surface area contributed by atoms with Crippen LogP contribution in [0.25, 0.3) is 0 Å². The molecule has 0 aromatic rings. The van der Waals surface area contributed by atoms with Crippen LogP contribution < -0.4 is 0 Å². The number of hydrogen-bond acceptors (Lipinski definition) is 6. The summed E-state index contributed by atoms with van der Waals surface area (Å²) < 4.78 is 26.3. The lowest BCUT2D eigenvalue weighted by molar-refractivity contribution is -0.161. The van der Waals surface area contributed by atoms with Gasteiger partial charge in [0, 0.05) is 12.8 Å². The van der Waals surface area contributed by atoms with Gasteiger partial charge in [-0.3, -0.25) is 14.1 Å². The van der Waals surface area contributed by atoms with E-state index in [1.165, 1.54) is 57.8 Å². The van der Waals surface area contributed by atoms with E-state index < -0.39 is 32.5 Å². The fourth-order valence-electron chi connectivity index (χ4n) is 4.86. The first-order valence-corrected chi connectivity index (χ1v) is 20.8. The van der Waals surface area contributed by atoms with Crippen LogP contribution in [0, 0.1) is 0 Å². The monoisotopic (exact) mass is 720 g/mol. The Labute approximate surface area is 304 Å². The Kier molecular flexibility index (Phi) is 34.5. The highest BCUT2D eigenvalue weighted by atomic mass is 31.2. The molecule has 0 amide bonds. The molecule has 0 fully saturated rings. The number of rotatable bonds is 34. The summed E-state index contributed by atoms with van der Waals surface area (Å²) >= 11 is 0. The van der Waals surface area contributed by atoms with Gasteiger partial charge in [-0.05, 0) is 70.6 Å². The summed E-state index contributed by atoms with van der Waals surface area (Å²) in [7, 11) is -4.77. The van der Waals surface area contributed by atoms with Gasteiger partial charge in [0.2, 0.25) is 0 Å². The topological polar surface area (TPSA) is 119 Å². The molecule has 0 aliphatic rings. The van der Waals surface area contributed by atoms with Crippen LogP contribution in [0.5, 0.6) is 0 Å². The summed E-state index contributed by atoms with van der Waals surface area (Å²) in [5.74, 6) is -0.962. The zero-order chi connectivity index (χ0) is 36.8. The minimum absolute atomic E-state index is 0.185. The molecule has 0 aromatic carbocycles. The van der Waals surface area contributed by atoms with Crippen molar-refractivity contribution in [3.63, 3.8) is 0 Å². The third-order valence-electron chi connectivity index (χ3n) is 7.71. The Bertz CT molecular complexity index is 1040. The largest absolute Gasteiger partial charge is 0.469 e. The lowest BCUT2D eigenvalue weighted by atomic mass is 10.1. The van der Waals surface area contributed by atoms with Crippen molar-refractivity contribution in [2.75, 3.05) is 13.2 Å². The molecule has 0 spiro atoms. The SMILES string of the molecule is CC/C=C/C/C=C/C/C=C/C/C=C/C/C=C/CCCC(=O)OC[C@H](COP(=O)(O)O)OC(=O)CCCCCCCCCCC/C=C/CCCC. The highest BCUT2D eigenvalue weighted by Gasteiger charge is 2.22. The normalized spacial score (nSPS) is 13.3. The summed E-state index contributed by atoms with van der Waals surface area (Å²) in [5.41, 5.74) is 0. The van der Waals surface area contributed by atoms with Crippen LogP contribution in [-0.2, 0) is 28.2 Å². The Balaban J connectivity index is 4.07. The van der Waals surface area contributed by atoms with Crippen molar-refractivity contribution in [2.24, 2.45) is 0 Å². The van der Waals surface area contributed by atoms with Gasteiger partial charge in [-0.15, -0.1) is 0 Å². The van der Waals surface area contributed by atoms with Gasteiger partial charge in [0.25, 0.3) is 0 Å². The molecule has 9 heteroatoms. The average Bonchev–Trinajstić information content (AvgIpc) is 3.08. The molecule has 0 rings (SSSR count). The van der Waals surface area contributed by atoms with Crippen LogP contribution in [0.4, 0.5) is 0 Å². The number of ether oxygens (including phenoxy) is 2. The molecule has 2 N–H and O–H groups in total. The summed E-state index contributed by atoms with van der Waals surface area (Å²) in [6, 6.07) is 0. The van der Waals surface area contributed by atoms with Crippen molar-refractivity contribution in [2.45, 2.75) is 161 Å². The molecular weight excluding hydrogens is 651 g/mol. The molecule has 1 atom stereocenters. The summed E-state index contributed by atoms with van der Waals surface area (Å²) in [5, 5.41) is 0. The summed E-state index contributed by atoms with van der Waals surface area (Å²) in [4.78, 5) is 42.7. The van der Waals surface area contributed by atoms with Crippen LogP contribution in [-0.4, -0.2) is 41.0 Å². The maximum atomic E-state index is 12.4. The van der Waals surface area contributed by atoms with Crippen LogP contribution in [0.15, 0.2) is 72.9 Å². The second-order valence-corrected chi connectivity index (χ2v) is 13.8. The number of phosphoric acid groups is 1. The fourth-order valence-corrected chi connectivity index (χ4v) is 5.22. The Morgan fingerprint density at radius 2 is 0.980 bits per heavy atom. The van der Waals surface area contributed by atoms with Gasteiger partial charge < -0.3 is 19.3 Å². The van der Waals surface area contributed by atoms with Crippen LogP contribution >= 0.6 is 7.82 Å². The van der Waals surface area contributed by atoms with Crippen LogP contribution in [0.2, 0.25) is 0 Å². The van der Waals surface area contributed by atoms with E-state index in [1.807, 2.05) is 6.08 Å². The second kappa shape index (κ2) is 36.3. The third kappa shape index (κ3) is 38.3. The zero-order valence-electron chi connectivity index (χ0n) is 31.3. The van der Waals surface area contributed by atoms with E-state index in [2.05, 4.69) is 85.2 Å². The van der Waals surface area contributed by atoms with Crippen LogP contribution in [0.3, 0.4) is 0 Å². The first-order valence-electron chi connectivity index (χ1n) is 19.2. The number of unbranched alkanes of at least 4 members (excludes halogenated alkanes) is 12. The molecule has 0 bridgehead atoms. The molecule has 0 heterocycles. The molecule has 0 saturated heterocycles. The fraction of sp³-hybridized carbons (Fsp3) is 0.659. The van der Waals surface area contributed by atoms with Gasteiger partial charge in [-0.2, -0.15) is 0 Å². The van der Waals surface area contributed by atoms with Gasteiger partial charge >= 0.3 is 19.8 Å². The number of hydrogen-bond donors (Lipinski definition) is 2. The van der Waals surface area contributed by atoms with Gasteiger partial charge in [-0.1, -0.05) is 145 Å². The molecular formula is C41H69O8P. The van der Waals surface area contributed by atoms with E-state index in [1.54, 1.807) is 0 Å².